The SMILES string of the molecule is NC(N)=NC1=N[C@H](C(=O)O)CC1. The number of nitrogens with zero attached hydrogens (tertiary/aromatic N) is 2. The molecule has 1 aliphatic heterocycles. The van der Waals surface area contributed by atoms with E-state index < -0.39 is 12.0 Å². The molecule has 1 atom stereocenters. The molecule has 0 spiro atoms. The van der Waals surface area contributed by atoms with E-state index in [0.717, 1.165) is 0 Å². The predicted molar refractivity (Wildman–Crippen MR) is 43.9 cm³/mol. The molecule has 66 valence electrons. The van der Waals surface area contributed by atoms with Crippen molar-refractivity contribution in [2.75, 3.05) is 0 Å². The first-order valence-corrected chi connectivity index (χ1v) is 3.48. The van der Waals surface area contributed by atoms with Gasteiger partial charge in [-0.05, 0) is 6.42 Å². The molecule has 0 saturated heterocycles. The fourth-order valence-corrected chi connectivity index (χ4v) is 0.987. The number of aliphatic carboxylic acids is 1. The van der Waals surface area contributed by atoms with Crippen molar-refractivity contribution in [3.63, 3.8) is 0 Å². The second-order valence-electron chi connectivity index (χ2n) is 2.47. The molecule has 0 bridgehead atoms. The van der Waals surface area contributed by atoms with Crippen LogP contribution in [0.25, 0.3) is 0 Å². The van der Waals surface area contributed by atoms with Crippen LogP contribution in [0.15, 0.2) is 9.98 Å². The first-order chi connectivity index (χ1) is 5.59. The van der Waals surface area contributed by atoms with Crippen molar-refractivity contribution in [3.05, 3.63) is 0 Å². The Labute approximate surface area is 69.0 Å². The van der Waals surface area contributed by atoms with Crippen molar-refractivity contribution in [2.45, 2.75) is 18.9 Å². The van der Waals surface area contributed by atoms with E-state index in [1.165, 1.54) is 0 Å². The van der Waals surface area contributed by atoms with Gasteiger partial charge in [0.1, 0.15) is 11.9 Å². The highest BCUT2D eigenvalue weighted by Crippen LogP contribution is 2.13. The zero-order chi connectivity index (χ0) is 9.14. The van der Waals surface area contributed by atoms with Crippen LogP contribution in [0.3, 0.4) is 0 Å². The minimum Gasteiger partial charge on any atom is -0.480 e. The smallest absolute Gasteiger partial charge is 0.328 e. The standard InChI is InChI=1S/C6H10N4O2/c7-6(8)10-4-2-1-3(9-4)5(11)12/h3H,1-2H2,(H,11,12)(H4,7,8,9,10)/t3-/m0/s1. The van der Waals surface area contributed by atoms with Gasteiger partial charge in [0.05, 0.1) is 0 Å². The lowest BCUT2D eigenvalue weighted by molar-refractivity contribution is -0.138. The number of carboxylic acid groups (broad SMARTS) is 1. The normalized spacial score (nSPS) is 21.7. The summed E-state index contributed by atoms with van der Waals surface area (Å²) in [6.07, 6.45) is 0.996. The van der Waals surface area contributed by atoms with E-state index in [1.807, 2.05) is 0 Å². The molecule has 6 heteroatoms. The number of hydrogen-bond acceptors (Lipinski definition) is 3. The van der Waals surface area contributed by atoms with Gasteiger partial charge in [-0.2, -0.15) is 0 Å². The third-order valence-corrected chi connectivity index (χ3v) is 1.49. The highest BCUT2D eigenvalue weighted by Gasteiger charge is 2.23. The lowest BCUT2D eigenvalue weighted by Gasteiger charge is -1.94. The number of amidine groups is 1. The van der Waals surface area contributed by atoms with Crippen LogP contribution in [0, 0.1) is 0 Å². The van der Waals surface area contributed by atoms with Gasteiger partial charge < -0.3 is 16.6 Å². The lowest BCUT2D eigenvalue weighted by Crippen LogP contribution is -2.23. The summed E-state index contributed by atoms with van der Waals surface area (Å²) in [6, 6.07) is -0.678. The molecule has 12 heavy (non-hydrogen) atoms. The van der Waals surface area contributed by atoms with Gasteiger partial charge in [0.25, 0.3) is 0 Å². The first-order valence-electron chi connectivity index (χ1n) is 3.48. The Hall–Kier alpha value is -1.59. The van der Waals surface area contributed by atoms with E-state index in [2.05, 4.69) is 9.98 Å². The first kappa shape index (κ1) is 8.51. The van der Waals surface area contributed by atoms with Gasteiger partial charge in [-0.25, -0.2) is 9.79 Å². The molecule has 5 N–H and O–H groups in total. The summed E-state index contributed by atoms with van der Waals surface area (Å²) in [4.78, 5) is 17.9. The van der Waals surface area contributed by atoms with Crippen LogP contribution in [0.2, 0.25) is 0 Å². The molecule has 0 aliphatic carbocycles. The summed E-state index contributed by atoms with van der Waals surface area (Å²) in [6.45, 7) is 0. The predicted octanol–water partition coefficient (Wildman–Crippen LogP) is -1.09. The van der Waals surface area contributed by atoms with Crippen LogP contribution in [0.5, 0.6) is 0 Å². The summed E-state index contributed by atoms with van der Waals surface area (Å²) in [7, 11) is 0. The lowest BCUT2D eigenvalue weighted by atomic mass is 10.2. The number of guanidine groups is 1. The fraction of sp³-hybridized carbons (Fsp3) is 0.500. The highest BCUT2D eigenvalue weighted by molar-refractivity contribution is 5.97. The molecule has 0 fully saturated rings. The largest absolute Gasteiger partial charge is 0.480 e. The molecular formula is C6H10N4O2. The van der Waals surface area contributed by atoms with Crippen LogP contribution in [-0.2, 0) is 4.79 Å². The Kier molecular flexibility index (Phi) is 2.27. The Morgan fingerprint density at radius 2 is 2.33 bits per heavy atom. The van der Waals surface area contributed by atoms with E-state index in [9.17, 15) is 4.79 Å². The molecule has 0 aromatic rings. The van der Waals surface area contributed by atoms with E-state index in [1.54, 1.807) is 0 Å². The van der Waals surface area contributed by atoms with Crippen LogP contribution >= 0.6 is 0 Å². The Bertz CT molecular complexity index is 254. The van der Waals surface area contributed by atoms with Crippen molar-refractivity contribution in [2.24, 2.45) is 21.5 Å². The van der Waals surface area contributed by atoms with E-state index >= 15 is 0 Å². The summed E-state index contributed by atoms with van der Waals surface area (Å²) >= 11 is 0. The number of carboxylic acids is 1. The summed E-state index contributed by atoms with van der Waals surface area (Å²) in [5.41, 5.74) is 10.2. The van der Waals surface area contributed by atoms with Crippen molar-refractivity contribution >= 4 is 17.8 Å². The number of carbonyl (C=O) groups is 1. The maximum absolute atomic E-state index is 10.4. The number of rotatable bonds is 1. The fourth-order valence-electron chi connectivity index (χ4n) is 0.987. The van der Waals surface area contributed by atoms with Crippen LogP contribution < -0.4 is 11.5 Å². The van der Waals surface area contributed by atoms with Crippen LogP contribution in [0.4, 0.5) is 0 Å². The van der Waals surface area contributed by atoms with E-state index in [-0.39, 0.29) is 5.96 Å². The Morgan fingerprint density at radius 1 is 1.67 bits per heavy atom. The van der Waals surface area contributed by atoms with Gasteiger partial charge in [0.15, 0.2) is 5.96 Å². The monoisotopic (exact) mass is 170 g/mol. The van der Waals surface area contributed by atoms with Crippen molar-refractivity contribution in [3.8, 4) is 0 Å². The molecule has 0 aromatic heterocycles. The summed E-state index contributed by atoms with van der Waals surface area (Å²) < 4.78 is 0. The maximum Gasteiger partial charge on any atom is 0.328 e. The number of hydrogen-bond donors (Lipinski definition) is 3. The molecule has 0 radical (unpaired) electrons. The molecule has 1 rings (SSSR count). The molecule has 0 aromatic carbocycles. The van der Waals surface area contributed by atoms with Crippen molar-refractivity contribution < 1.29 is 9.90 Å². The van der Waals surface area contributed by atoms with Gasteiger partial charge in [-0.15, -0.1) is 0 Å². The van der Waals surface area contributed by atoms with E-state index in [0.29, 0.717) is 18.7 Å². The van der Waals surface area contributed by atoms with Gasteiger partial charge in [-0.1, -0.05) is 0 Å². The molecule has 1 aliphatic rings. The van der Waals surface area contributed by atoms with Crippen molar-refractivity contribution in [1.82, 2.24) is 0 Å². The second kappa shape index (κ2) is 3.21. The zero-order valence-electron chi connectivity index (χ0n) is 6.40. The summed E-state index contributed by atoms with van der Waals surface area (Å²) in [5.74, 6) is -0.599. The van der Waals surface area contributed by atoms with Crippen molar-refractivity contribution in [1.29, 1.82) is 0 Å². The van der Waals surface area contributed by atoms with Gasteiger partial charge in [-0.3, -0.25) is 4.99 Å². The third kappa shape index (κ3) is 1.94. The van der Waals surface area contributed by atoms with Crippen LogP contribution in [0.1, 0.15) is 12.8 Å². The molecule has 0 amide bonds. The maximum atomic E-state index is 10.4. The third-order valence-electron chi connectivity index (χ3n) is 1.49. The Morgan fingerprint density at radius 3 is 2.75 bits per heavy atom. The second-order valence-corrected chi connectivity index (χ2v) is 2.47. The average molecular weight is 170 g/mol. The molecule has 0 saturated carbocycles. The average Bonchev–Trinajstić information content (AvgIpc) is 2.34. The van der Waals surface area contributed by atoms with E-state index in [4.69, 9.17) is 16.6 Å². The molecule has 1 heterocycles. The number of nitrogens with two attached hydrogens (primary N) is 2. The van der Waals surface area contributed by atoms with Gasteiger partial charge in [0.2, 0.25) is 0 Å². The topological polar surface area (TPSA) is 114 Å². The molecule has 0 unspecified atom stereocenters. The molecule has 6 nitrogen and oxygen atoms in total. The molecular weight excluding hydrogens is 160 g/mol. The van der Waals surface area contributed by atoms with Crippen LogP contribution in [-0.4, -0.2) is 28.9 Å². The minimum atomic E-state index is -0.934. The highest BCUT2D eigenvalue weighted by atomic mass is 16.4. The minimum absolute atomic E-state index is 0.0835. The van der Waals surface area contributed by atoms with Gasteiger partial charge in [0, 0.05) is 6.42 Å². The number of aliphatic imine (C=N–C) groups is 2. The quantitative estimate of drug-likeness (QED) is 0.342. The Balaban J connectivity index is 2.66. The van der Waals surface area contributed by atoms with Gasteiger partial charge >= 0.3 is 5.97 Å². The summed E-state index contributed by atoms with van der Waals surface area (Å²) in [5, 5.41) is 8.55. The zero-order valence-corrected chi connectivity index (χ0v) is 6.40.